The van der Waals surface area contributed by atoms with Crippen LogP contribution >= 0.6 is 11.3 Å². The maximum absolute atomic E-state index is 12.2. The lowest BCUT2D eigenvalue weighted by molar-refractivity contribution is -0.140. The fourth-order valence-electron chi connectivity index (χ4n) is 1.05. The summed E-state index contributed by atoms with van der Waals surface area (Å²) in [6, 6.07) is 0. The van der Waals surface area contributed by atoms with Crippen molar-refractivity contribution in [2.24, 2.45) is 0 Å². The predicted octanol–water partition coefficient (Wildman–Crippen LogP) is 1.98. The van der Waals surface area contributed by atoms with Gasteiger partial charge in [0.2, 0.25) is 0 Å². The molecule has 1 rings (SSSR count). The summed E-state index contributed by atoms with van der Waals surface area (Å²) in [5.41, 5.74) is -0.876. The van der Waals surface area contributed by atoms with Gasteiger partial charge in [-0.05, 0) is 6.92 Å². The Morgan fingerprint density at radius 3 is 2.60 bits per heavy atom. The van der Waals surface area contributed by atoms with Crippen LogP contribution in [0.4, 0.5) is 18.3 Å². The van der Waals surface area contributed by atoms with Gasteiger partial charge in [0.25, 0.3) is 0 Å². The molecule has 1 heterocycles. The number of aliphatic hydroxyl groups excluding tert-OH is 1. The molecule has 1 N–H and O–H groups in total. The molecular formula is C8H11F3N2OS. The largest absolute Gasteiger partial charge is 0.434 e. The molecule has 0 unspecified atom stereocenters. The molecule has 0 bridgehead atoms. The predicted molar refractivity (Wildman–Crippen MR) is 52.1 cm³/mol. The number of hydrogen-bond donors (Lipinski definition) is 1. The van der Waals surface area contributed by atoms with Crippen molar-refractivity contribution in [2.75, 3.05) is 24.6 Å². The Balaban J connectivity index is 2.82. The van der Waals surface area contributed by atoms with Gasteiger partial charge >= 0.3 is 6.18 Å². The van der Waals surface area contributed by atoms with Gasteiger partial charge in [-0.15, -0.1) is 11.3 Å². The second-order valence-corrected chi connectivity index (χ2v) is 3.65. The van der Waals surface area contributed by atoms with Crippen LogP contribution in [0.5, 0.6) is 0 Å². The molecule has 0 spiro atoms. The molecule has 15 heavy (non-hydrogen) atoms. The zero-order valence-electron chi connectivity index (χ0n) is 8.08. The summed E-state index contributed by atoms with van der Waals surface area (Å²) < 4.78 is 36.7. The lowest BCUT2D eigenvalue weighted by Crippen LogP contribution is -2.26. The summed E-state index contributed by atoms with van der Waals surface area (Å²) in [6.45, 7) is 2.51. The highest BCUT2D eigenvalue weighted by molar-refractivity contribution is 7.13. The number of halogens is 3. The van der Waals surface area contributed by atoms with Crippen molar-refractivity contribution < 1.29 is 18.3 Å². The zero-order valence-corrected chi connectivity index (χ0v) is 8.90. The van der Waals surface area contributed by atoms with Crippen LogP contribution in [-0.4, -0.2) is 29.8 Å². The highest BCUT2D eigenvalue weighted by Gasteiger charge is 2.34. The molecule has 7 heteroatoms. The van der Waals surface area contributed by atoms with Gasteiger partial charge in [0.1, 0.15) is 0 Å². The third kappa shape index (κ3) is 3.07. The number of rotatable bonds is 4. The molecule has 1 aromatic heterocycles. The van der Waals surface area contributed by atoms with Crippen LogP contribution in [0.3, 0.4) is 0 Å². The molecule has 0 aliphatic carbocycles. The fourth-order valence-corrected chi connectivity index (χ4v) is 1.97. The molecule has 0 fully saturated rings. The van der Waals surface area contributed by atoms with Crippen molar-refractivity contribution in [2.45, 2.75) is 13.1 Å². The molecular weight excluding hydrogens is 229 g/mol. The van der Waals surface area contributed by atoms with Gasteiger partial charge < -0.3 is 10.0 Å². The Hall–Kier alpha value is -0.820. The first-order valence-electron chi connectivity index (χ1n) is 4.37. The summed E-state index contributed by atoms with van der Waals surface area (Å²) in [6.07, 6.45) is -4.40. The molecule has 0 amide bonds. The average molecular weight is 240 g/mol. The van der Waals surface area contributed by atoms with E-state index in [-0.39, 0.29) is 6.61 Å². The van der Waals surface area contributed by atoms with Gasteiger partial charge in [0, 0.05) is 18.5 Å². The normalized spacial score (nSPS) is 11.8. The number of aromatic nitrogens is 1. The van der Waals surface area contributed by atoms with Crippen LogP contribution in [0, 0.1) is 0 Å². The molecule has 0 aromatic carbocycles. The molecule has 0 aliphatic rings. The van der Waals surface area contributed by atoms with Crippen molar-refractivity contribution in [3.05, 3.63) is 11.1 Å². The first kappa shape index (κ1) is 12.3. The Labute approximate surface area is 89.2 Å². The number of thiazole rings is 1. The van der Waals surface area contributed by atoms with Crippen molar-refractivity contribution >= 4 is 16.5 Å². The van der Waals surface area contributed by atoms with Crippen LogP contribution in [0.1, 0.15) is 12.6 Å². The molecule has 3 nitrogen and oxygen atoms in total. The van der Waals surface area contributed by atoms with Crippen molar-refractivity contribution in [3.63, 3.8) is 0 Å². The van der Waals surface area contributed by atoms with E-state index in [0.717, 1.165) is 16.7 Å². The number of likely N-dealkylation sites (N-methyl/N-ethyl adjacent to an activating group) is 1. The van der Waals surface area contributed by atoms with Crippen LogP contribution in [-0.2, 0) is 6.18 Å². The monoisotopic (exact) mass is 240 g/mol. The molecule has 0 radical (unpaired) electrons. The second kappa shape index (κ2) is 4.80. The number of alkyl halides is 3. The smallest absolute Gasteiger partial charge is 0.395 e. The van der Waals surface area contributed by atoms with Gasteiger partial charge in [0.15, 0.2) is 10.8 Å². The van der Waals surface area contributed by atoms with Gasteiger partial charge in [-0.3, -0.25) is 0 Å². The minimum absolute atomic E-state index is 0.102. The van der Waals surface area contributed by atoms with E-state index in [4.69, 9.17) is 5.11 Å². The van der Waals surface area contributed by atoms with E-state index in [1.54, 1.807) is 11.8 Å². The highest BCUT2D eigenvalue weighted by Crippen LogP contribution is 2.32. The zero-order chi connectivity index (χ0) is 11.5. The molecule has 1 aromatic rings. The SMILES string of the molecule is CCN(CCO)c1nc(C(F)(F)F)cs1. The lowest BCUT2D eigenvalue weighted by Gasteiger charge is -2.17. The molecule has 86 valence electrons. The van der Waals surface area contributed by atoms with Gasteiger partial charge in [-0.25, -0.2) is 4.98 Å². The topological polar surface area (TPSA) is 36.4 Å². The summed E-state index contributed by atoms with van der Waals surface area (Å²) in [4.78, 5) is 5.08. The summed E-state index contributed by atoms with van der Waals surface area (Å²) in [7, 11) is 0. The number of anilines is 1. The van der Waals surface area contributed by atoms with Gasteiger partial charge in [-0.1, -0.05) is 0 Å². The third-order valence-corrected chi connectivity index (χ3v) is 2.71. The van der Waals surface area contributed by atoms with E-state index < -0.39 is 11.9 Å². The maximum atomic E-state index is 12.2. The molecule has 0 saturated heterocycles. The van der Waals surface area contributed by atoms with Crippen LogP contribution < -0.4 is 4.90 Å². The molecule has 0 saturated carbocycles. The molecule has 0 aliphatic heterocycles. The van der Waals surface area contributed by atoms with E-state index in [2.05, 4.69) is 4.98 Å². The van der Waals surface area contributed by atoms with Crippen molar-refractivity contribution in [1.82, 2.24) is 4.98 Å². The Morgan fingerprint density at radius 1 is 1.53 bits per heavy atom. The minimum Gasteiger partial charge on any atom is -0.395 e. The van der Waals surface area contributed by atoms with Crippen molar-refractivity contribution in [3.8, 4) is 0 Å². The Kier molecular flexibility index (Phi) is 3.92. The van der Waals surface area contributed by atoms with E-state index >= 15 is 0 Å². The fraction of sp³-hybridized carbons (Fsp3) is 0.625. The number of nitrogens with zero attached hydrogens (tertiary/aromatic N) is 2. The van der Waals surface area contributed by atoms with E-state index in [0.29, 0.717) is 18.2 Å². The Morgan fingerprint density at radius 2 is 2.20 bits per heavy atom. The summed E-state index contributed by atoms with van der Waals surface area (Å²) >= 11 is 0.933. The second-order valence-electron chi connectivity index (χ2n) is 2.82. The van der Waals surface area contributed by atoms with Crippen LogP contribution in [0.15, 0.2) is 5.38 Å². The molecule has 0 atom stereocenters. The van der Waals surface area contributed by atoms with E-state index in [1.807, 2.05) is 0 Å². The van der Waals surface area contributed by atoms with E-state index in [1.165, 1.54) is 0 Å². The Bertz CT molecular complexity index is 313. The van der Waals surface area contributed by atoms with Gasteiger partial charge in [0.05, 0.1) is 6.61 Å². The number of hydrogen-bond acceptors (Lipinski definition) is 4. The highest BCUT2D eigenvalue weighted by atomic mass is 32.1. The van der Waals surface area contributed by atoms with Gasteiger partial charge in [-0.2, -0.15) is 13.2 Å². The standard InChI is InChI=1S/C8H11F3N2OS/c1-2-13(3-4-14)7-12-6(5-15-7)8(9,10)11/h5,14H,2-4H2,1H3. The number of aliphatic hydroxyl groups is 1. The summed E-state index contributed by atoms with van der Waals surface area (Å²) in [5.74, 6) is 0. The first-order chi connectivity index (χ1) is 6.99. The van der Waals surface area contributed by atoms with Crippen LogP contribution in [0.25, 0.3) is 0 Å². The van der Waals surface area contributed by atoms with Crippen LogP contribution in [0.2, 0.25) is 0 Å². The third-order valence-electron chi connectivity index (χ3n) is 1.80. The average Bonchev–Trinajstić information content (AvgIpc) is 2.62. The first-order valence-corrected chi connectivity index (χ1v) is 5.25. The maximum Gasteiger partial charge on any atom is 0.434 e. The minimum atomic E-state index is -4.40. The lowest BCUT2D eigenvalue weighted by atomic mass is 10.5. The van der Waals surface area contributed by atoms with E-state index in [9.17, 15) is 13.2 Å². The van der Waals surface area contributed by atoms with Crippen molar-refractivity contribution in [1.29, 1.82) is 0 Å². The quantitative estimate of drug-likeness (QED) is 0.874. The summed E-state index contributed by atoms with van der Waals surface area (Å²) in [5, 5.41) is 9.98.